The predicted octanol–water partition coefficient (Wildman–Crippen LogP) is 6.27. The number of carbonyl (C=O) groups is 3. The minimum absolute atomic E-state index is 0.192. The van der Waals surface area contributed by atoms with Crippen molar-refractivity contribution in [3.63, 3.8) is 0 Å². The Hall–Kier alpha value is -2.16. The van der Waals surface area contributed by atoms with Gasteiger partial charge in [-0.25, -0.2) is 0 Å². The van der Waals surface area contributed by atoms with Gasteiger partial charge in [0.15, 0.2) is 0 Å². The van der Waals surface area contributed by atoms with Crippen molar-refractivity contribution < 1.29 is 19.1 Å². The Kier molecular flexibility index (Phi) is 16.9. The average molecular weight is 649 g/mol. The van der Waals surface area contributed by atoms with Gasteiger partial charge in [0.05, 0.1) is 19.1 Å². The standard InChI is InChI=1S/C13H24N2O.C12H23NO.C6H5Cl.C5H9NO2/c1-13(2,3)15-9-6-11(10-15)12(16)14-7-4-5-8-14;1-9-5-7-10(8-6-9)13-11(14)12(2,3)4;7-6-4-2-1-3-5-6;7-5-6-1-3-8-4-2-6/h11H,4-10H2,1-3H3;9-10H,5-8H2,1-4H3,(H,13,14);1-5H;5H,1-4H2/t11-;;;/m0.../s1. The first-order valence-corrected chi connectivity index (χ1v) is 17.4. The van der Waals surface area contributed by atoms with Crippen molar-refractivity contribution in [2.24, 2.45) is 17.3 Å². The van der Waals surface area contributed by atoms with Crippen LogP contribution < -0.4 is 5.32 Å². The largest absolute Gasteiger partial charge is 0.378 e. The zero-order valence-electron chi connectivity index (χ0n) is 29.2. The fourth-order valence-electron chi connectivity index (χ4n) is 5.67. The molecule has 0 unspecified atom stereocenters. The number of hydrogen-bond acceptors (Lipinski definition) is 5. The maximum absolute atomic E-state index is 12.2. The second-order valence-electron chi connectivity index (χ2n) is 14.9. The Bertz CT molecular complexity index is 991. The van der Waals surface area contributed by atoms with Gasteiger partial charge in [-0.1, -0.05) is 57.5 Å². The summed E-state index contributed by atoms with van der Waals surface area (Å²) in [5, 5.41) is 3.93. The highest BCUT2D eigenvalue weighted by Crippen LogP contribution is 2.27. The molecule has 0 spiro atoms. The monoisotopic (exact) mass is 648 g/mol. The summed E-state index contributed by atoms with van der Waals surface area (Å²) in [6, 6.07) is 9.87. The molecule has 1 aliphatic carbocycles. The van der Waals surface area contributed by atoms with Gasteiger partial charge in [0, 0.05) is 54.7 Å². The summed E-state index contributed by atoms with van der Waals surface area (Å²) in [7, 11) is 0. The first kappa shape index (κ1) is 39.0. The van der Waals surface area contributed by atoms with Crippen LogP contribution in [0.25, 0.3) is 0 Å². The van der Waals surface area contributed by atoms with Crippen LogP contribution in [-0.4, -0.2) is 97.0 Å². The number of ether oxygens (including phenoxy) is 1. The van der Waals surface area contributed by atoms with Gasteiger partial charge in [-0.2, -0.15) is 0 Å². The minimum atomic E-state index is -0.247. The fraction of sp³-hybridized carbons (Fsp3) is 0.750. The molecule has 4 fully saturated rings. The molecule has 3 amide bonds. The Morgan fingerprint density at radius 2 is 1.44 bits per heavy atom. The number of morpholine rings is 1. The van der Waals surface area contributed by atoms with Crippen molar-refractivity contribution in [1.29, 1.82) is 0 Å². The zero-order chi connectivity index (χ0) is 33.5. The van der Waals surface area contributed by atoms with Crippen LogP contribution in [0.3, 0.4) is 0 Å². The van der Waals surface area contributed by atoms with Gasteiger partial charge in [-0.15, -0.1) is 0 Å². The van der Waals surface area contributed by atoms with Crippen LogP contribution >= 0.6 is 11.6 Å². The minimum Gasteiger partial charge on any atom is -0.378 e. The summed E-state index contributed by atoms with van der Waals surface area (Å²) >= 11 is 5.54. The van der Waals surface area contributed by atoms with E-state index in [1.54, 1.807) is 4.90 Å². The number of likely N-dealkylation sites (tertiary alicyclic amines) is 2. The molecule has 0 aromatic heterocycles. The molecule has 8 nitrogen and oxygen atoms in total. The van der Waals surface area contributed by atoms with E-state index in [4.69, 9.17) is 16.3 Å². The third-order valence-corrected chi connectivity index (χ3v) is 9.12. The number of rotatable bonds is 3. The van der Waals surface area contributed by atoms with Gasteiger partial charge in [0.1, 0.15) is 0 Å². The predicted molar refractivity (Wildman–Crippen MR) is 184 cm³/mol. The SMILES string of the molecule is CC(C)(C)N1CC[C@H](C(=O)N2CCCC2)C1.CC1CCC(NC(=O)C(C)(C)C)CC1.Clc1ccccc1.O=CN1CCOCC1. The van der Waals surface area contributed by atoms with E-state index in [0.29, 0.717) is 25.2 Å². The molecule has 1 saturated carbocycles. The molecule has 45 heavy (non-hydrogen) atoms. The summed E-state index contributed by atoms with van der Waals surface area (Å²) in [4.78, 5) is 40.2. The molecule has 5 rings (SSSR count). The van der Waals surface area contributed by atoms with Crippen LogP contribution in [0.4, 0.5) is 0 Å². The van der Waals surface area contributed by atoms with E-state index in [0.717, 1.165) is 75.9 Å². The molecule has 1 atom stereocenters. The van der Waals surface area contributed by atoms with Crippen molar-refractivity contribution in [3.8, 4) is 0 Å². The van der Waals surface area contributed by atoms with E-state index in [9.17, 15) is 14.4 Å². The molecule has 0 bridgehead atoms. The number of amides is 3. The molecule has 9 heteroatoms. The van der Waals surface area contributed by atoms with Crippen LogP contribution in [0.2, 0.25) is 5.02 Å². The highest BCUT2D eigenvalue weighted by Gasteiger charge is 2.36. The molecule has 1 aromatic carbocycles. The van der Waals surface area contributed by atoms with Crippen molar-refractivity contribution in [2.75, 3.05) is 52.5 Å². The Morgan fingerprint density at radius 1 is 0.867 bits per heavy atom. The lowest BCUT2D eigenvalue weighted by Crippen LogP contribution is -2.43. The lowest BCUT2D eigenvalue weighted by atomic mass is 9.86. The Balaban J connectivity index is 0.000000221. The molecule has 3 saturated heterocycles. The van der Waals surface area contributed by atoms with E-state index >= 15 is 0 Å². The third-order valence-electron chi connectivity index (χ3n) is 8.86. The van der Waals surface area contributed by atoms with Crippen molar-refractivity contribution >= 4 is 29.8 Å². The van der Waals surface area contributed by atoms with E-state index < -0.39 is 0 Å². The number of nitrogens with zero attached hydrogens (tertiary/aromatic N) is 3. The van der Waals surface area contributed by atoms with Gasteiger partial charge in [-0.3, -0.25) is 19.3 Å². The molecule has 4 aliphatic rings. The van der Waals surface area contributed by atoms with Crippen LogP contribution in [0.15, 0.2) is 30.3 Å². The summed E-state index contributed by atoms with van der Waals surface area (Å²) in [5.41, 5.74) is -0.0386. The summed E-state index contributed by atoms with van der Waals surface area (Å²) < 4.78 is 5.00. The van der Waals surface area contributed by atoms with Gasteiger partial charge >= 0.3 is 0 Å². The number of hydrogen-bond donors (Lipinski definition) is 1. The first-order valence-electron chi connectivity index (χ1n) is 17.0. The summed E-state index contributed by atoms with van der Waals surface area (Å²) in [6.45, 7) is 21.8. The maximum atomic E-state index is 12.2. The lowest BCUT2D eigenvalue weighted by Gasteiger charge is -2.31. The van der Waals surface area contributed by atoms with Crippen LogP contribution in [-0.2, 0) is 19.1 Å². The quantitative estimate of drug-likeness (QED) is 0.391. The summed E-state index contributed by atoms with van der Waals surface area (Å²) in [6.07, 6.45) is 9.13. The second kappa shape index (κ2) is 19.5. The molecule has 1 aromatic rings. The van der Waals surface area contributed by atoms with Crippen molar-refractivity contribution in [2.45, 2.75) is 105 Å². The van der Waals surface area contributed by atoms with E-state index in [2.05, 4.69) is 42.8 Å². The van der Waals surface area contributed by atoms with Crippen molar-refractivity contribution in [1.82, 2.24) is 20.0 Å². The van der Waals surface area contributed by atoms with Gasteiger partial charge in [-0.05, 0) is 90.3 Å². The van der Waals surface area contributed by atoms with Crippen molar-refractivity contribution in [3.05, 3.63) is 35.4 Å². The Morgan fingerprint density at radius 3 is 1.87 bits per heavy atom. The normalized spacial score (nSPS) is 23.8. The van der Waals surface area contributed by atoms with Gasteiger partial charge in [0.25, 0.3) is 0 Å². The molecule has 0 radical (unpaired) electrons. The summed E-state index contributed by atoms with van der Waals surface area (Å²) in [5.74, 6) is 1.71. The zero-order valence-corrected chi connectivity index (χ0v) is 29.9. The number of nitrogens with one attached hydrogen (secondary N) is 1. The molecule has 1 N–H and O–H groups in total. The fourth-order valence-corrected chi connectivity index (χ4v) is 5.82. The molecule has 3 aliphatic heterocycles. The van der Waals surface area contributed by atoms with Gasteiger partial charge < -0.3 is 19.9 Å². The van der Waals surface area contributed by atoms with Crippen LogP contribution in [0.1, 0.15) is 93.4 Å². The smallest absolute Gasteiger partial charge is 0.227 e. The highest BCUT2D eigenvalue weighted by molar-refractivity contribution is 6.30. The second-order valence-corrected chi connectivity index (χ2v) is 15.3. The van der Waals surface area contributed by atoms with E-state index in [1.165, 1.54) is 25.7 Å². The molecular weight excluding hydrogens is 588 g/mol. The van der Waals surface area contributed by atoms with Crippen LogP contribution in [0.5, 0.6) is 0 Å². The number of halogens is 1. The number of benzene rings is 1. The highest BCUT2D eigenvalue weighted by atomic mass is 35.5. The van der Waals surface area contributed by atoms with Gasteiger partial charge in [0.2, 0.25) is 18.2 Å². The van der Waals surface area contributed by atoms with Crippen LogP contribution in [0, 0.1) is 17.3 Å². The molecule has 3 heterocycles. The lowest BCUT2D eigenvalue weighted by molar-refractivity contribution is -0.134. The number of carbonyl (C=O) groups excluding carboxylic acids is 3. The van der Waals surface area contributed by atoms with E-state index in [-0.39, 0.29) is 22.8 Å². The first-order chi connectivity index (χ1) is 21.2. The average Bonchev–Trinajstić information content (AvgIpc) is 3.73. The maximum Gasteiger partial charge on any atom is 0.227 e. The topological polar surface area (TPSA) is 82.2 Å². The molecule has 256 valence electrons. The molecular formula is C36H61ClN4O4. The Labute approximate surface area is 278 Å². The van der Waals surface area contributed by atoms with E-state index in [1.807, 2.05) is 51.1 Å². The third kappa shape index (κ3) is 15.3.